The highest BCUT2D eigenvalue weighted by Gasteiger charge is 2.34. The molecule has 2 aromatic rings. The number of rotatable bonds is 2. The molecule has 0 spiro atoms. The van der Waals surface area contributed by atoms with Gasteiger partial charge in [-0.15, -0.1) is 0 Å². The third kappa shape index (κ3) is 2.24. The number of hydrogen-bond donors (Lipinski definition) is 1. The summed E-state index contributed by atoms with van der Waals surface area (Å²) in [6.07, 6.45) is 2.78. The van der Waals surface area contributed by atoms with Crippen LogP contribution in [0.3, 0.4) is 0 Å². The van der Waals surface area contributed by atoms with E-state index < -0.39 is 0 Å². The van der Waals surface area contributed by atoms with Crippen molar-refractivity contribution in [1.29, 1.82) is 0 Å². The van der Waals surface area contributed by atoms with Crippen LogP contribution in [0.2, 0.25) is 0 Å². The van der Waals surface area contributed by atoms with Gasteiger partial charge in [-0.2, -0.15) is 0 Å². The van der Waals surface area contributed by atoms with E-state index in [2.05, 4.69) is 36.4 Å². The van der Waals surface area contributed by atoms with Crippen molar-refractivity contribution in [3.63, 3.8) is 0 Å². The lowest BCUT2D eigenvalue weighted by atomic mass is 9.83. The van der Waals surface area contributed by atoms with Crippen LogP contribution in [0.25, 0.3) is 0 Å². The molecule has 0 saturated carbocycles. The van der Waals surface area contributed by atoms with Crippen LogP contribution >= 0.6 is 0 Å². The van der Waals surface area contributed by atoms with Gasteiger partial charge in [-0.05, 0) is 53.9 Å². The fraction of sp³-hybridized carbons (Fsp3) is 0.368. The van der Waals surface area contributed by atoms with E-state index in [1.807, 2.05) is 12.1 Å². The van der Waals surface area contributed by atoms with E-state index in [9.17, 15) is 5.11 Å². The summed E-state index contributed by atoms with van der Waals surface area (Å²) in [6.45, 7) is 0.789. The minimum Gasteiger partial charge on any atom is -0.493 e. The molecule has 21 heavy (non-hydrogen) atoms. The van der Waals surface area contributed by atoms with Gasteiger partial charge in [0.1, 0.15) is 5.75 Å². The van der Waals surface area contributed by atoms with Crippen molar-refractivity contribution < 1.29 is 9.84 Å². The number of hydrogen-bond acceptors (Lipinski definition) is 2. The zero-order chi connectivity index (χ0) is 14.2. The zero-order valence-electron chi connectivity index (χ0n) is 12.0. The van der Waals surface area contributed by atoms with E-state index in [1.54, 1.807) is 0 Å². The molecule has 1 heterocycles. The zero-order valence-corrected chi connectivity index (χ0v) is 12.0. The summed E-state index contributed by atoms with van der Waals surface area (Å²) in [6, 6.07) is 16.6. The highest BCUT2D eigenvalue weighted by atomic mass is 16.5. The van der Waals surface area contributed by atoms with E-state index in [0.29, 0.717) is 11.8 Å². The molecule has 4 rings (SSSR count). The molecular weight excluding hydrogens is 260 g/mol. The molecule has 2 aliphatic rings. The maximum absolute atomic E-state index is 10.6. The van der Waals surface area contributed by atoms with Gasteiger partial charge >= 0.3 is 0 Å². The molecule has 0 saturated heterocycles. The standard InChI is InChI=1S/C19H20O2/c20-19-15(11-13-5-1-2-7-17(13)19)12-14-9-10-21-18-8-4-3-6-16(14)18/h1-8,14-15,19-20H,9-12H2. The van der Waals surface area contributed by atoms with Crippen LogP contribution in [0, 0.1) is 5.92 Å². The van der Waals surface area contributed by atoms with E-state index in [4.69, 9.17) is 4.74 Å². The quantitative estimate of drug-likeness (QED) is 0.905. The minimum atomic E-state index is -0.309. The lowest BCUT2D eigenvalue weighted by Crippen LogP contribution is -2.19. The summed E-state index contributed by atoms with van der Waals surface area (Å²) in [4.78, 5) is 0. The third-order valence-electron chi connectivity index (χ3n) is 4.97. The second-order valence-corrected chi connectivity index (χ2v) is 6.22. The molecule has 0 fully saturated rings. The smallest absolute Gasteiger partial charge is 0.122 e. The van der Waals surface area contributed by atoms with Gasteiger partial charge in [0.15, 0.2) is 0 Å². The number of aliphatic hydroxyl groups excluding tert-OH is 1. The molecule has 1 aliphatic heterocycles. The molecule has 0 amide bonds. The van der Waals surface area contributed by atoms with Crippen molar-refractivity contribution in [3.05, 3.63) is 65.2 Å². The van der Waals surface area contributed by atoms with Crippen molar-refractivity contribution in [3.8, 4) is 5.75 Å². The second kappa shape index (κ2) is 5.19. The predicted octanol–water partition coefficient (Wildman–Crippen LogP) is 3.85. The summed E-state index contributed by atoms with van der Waals surface area (Å²) in [5.41, 5.74) is 3.75. The first kappa shape index (κ1) is 12.9. The maximum atomic E-state index is 10.6. The summed E-state index contributed by atoms with van der Waals surface area (Å²) in [5, 5.41) is 10.6. The molecule has 108 valence electrons. The molecule has 2 heteroatoms. The van der Waals surface area contributed by atoms with Crippen LogP contribution in [0.4, 0.5) is 0 Å². The Hall–Kier alpha value is -1.80. The van der Waals surface area contributed by atoms with Crippen LogP contribution in [-0.4, -0.2) is 11.7 Å². The molecule has 2 aromatic carbocycles. The van der Waals surface area contributed by atoms with Crippen LogP contribution in [0.15, 0.2) is 48.5 Å². The molecule has 3 atom stereocenters. The van der Waals surface area contributed by atoms with Crippen LogP contribution < -0.4 is 4.74 Å². The van der Waals surface area contributed by atoms with E-state index in [1.165, 1.54) is 11.1 Å². The second-order valence-electron chi connectivity index (χ2n) is 6.22. The molecule has 1 aliphatic carbocycles. The normalized spacial score (nSPS) is 26.8. The first-order valence-electron chi connectivity index (χ1n) is 7.80. The molecular formula is C19H20O2. The Balaban J connectivity index is 1.56. The van der Waals surface area contributed by atoms with Gasteiger partial charge in [0, 0.05) is 0 Å². The average molecular weight is 280 g/mol. The summed E-state index contributed by atoms with van der Waals surface area (Å²) < 4.78 is 5.74. The van der Waals surface area contributed by atoms with Gasteiger partial charge in [0.25, 0.3) is 0 Å². The minimum absolute atomic E-state index is 0.309. The number of aliphatic hydroxyl groups is 1. The van der Waals surface area contributed by atoms with Crippen molar-refractivity contribution >= 4 is 0 Å². The van der Waals surface area contributed by atoms with Crippen molar-refractivity contribution in [2.24, 2.45) is 5.92 Å². The topological polar surface area (TPSA) is 29.5 Å². The fourth-order valence-corrected chi connectivity index (χ4v) is 3.90. The van der Waals surface area contributed by atoms with Gasteiger partial charge in [0.05, 0.1) is 12.7 Å². The van der Waals surface area contributed by atoms with E-state index >= 15 is 0 Å². The average Bonchev–Trinajstić information content (AvgIpc) is 2.85. The van der Waals surface area contributed by atoms with Crippen LogP contribution in [-0.2, 0) is 6.42 Å². The Bertz CT molecular complexity index is 650. The SMILES string of the molecule is OC1c2ccccc2CC1CC1CCOc2ccccc21. The molecule has 0 aromatic heterocycles. The lowest BCUT2D eigenvalue weighted by Gasteiger charge is -2.28. The van der Waals surface area contributed by atoms with Gasteiger partial charge < -0.3 is 9.84 Å². The Labute approximate surface area is 125 Å². The molecule has 2 nitrogen and oxygen atoms in total. The van der Waals surface area contributed by atoms with Gasteiger partial charge in [-0.1, -0.05) is 42.5 Å². The summed E-state index contributed by atoms with van der Waals surface area (Å²) >= 11 is 0. The first-order chi connectivity index (χ1) is 10.3. The number of fused-ring (bicyclic) bond motifs is 2. The van der Waals surface area contributed by atoms with Gasteiger partial charge in [0.2, 0.25) is 0 Å². The van der Waals surface area contributed by atoms with E-state index in [0.717, 1.165) is 37.2 Å². The first-order valence-corrected chi connectivity index (χ1v) is 7.80. The number of para-hydroxylation sites is 1. The van der Waals surface area contributed by atoms with E-state index in [-0.39, 0.29) is 6.10 Å². The monoisotopic (exact) mass is 280 g/mol. The highest BCUT2D eigenvalue weighted by Crippen LogP contribution is 2.44. The summed E-state index contributed by atoms with van der Waals surface area (Å²) in [7, 11) is 0. The lowest BCUT2D eigenvalue weighted by molar-refractivity contribution is 0.109. The Morgan fingerprint density at radius 2 is 1.76 bits per heavy atom. The number of benzene rings is 2. The molecule has 0 radical (unpaired) electrons. The molecule has 1 N–H and O–H groups in total. The molecule has 0 bridgehead atoms. The predicted molar refractivity (Wildman–Crippen MR) is 82.5 cm³/mol. The largest absolute Gasteiger partial charge is 0.493 e. The Kier molecular flexibility index (Phi) is 3.19. The van der Waals surface area contributed by atoms with Crippen LogP contribution in [0.1, 0.15) is 41.6 Å². The highest BCUT2D eigenvalue weighted by molar-refractivity contribution is 5.39. The van der Waals surface area contributed by atoms with Crippen molar-refractivity contribution in [2.75, 3.05) is 6.61 Å². The van der Waals surface area contributed by atoms with Gasteiger partial charge in [-0.3, -0.25) is 0 Å². The van der Waals surface area contributed by atoms with Gasteiger partial charge in [-0.25, -0.2) is 0 Å². The Morgan fingerprint density at radius 3 is 2.62 bits per heavy atom. The summed E-state index contributed by atoms with van der Waals surface area (Å²) in [5.74, 6) is 1.86. The van der Waals surface area contributed by atoms with Crippen LogP contribution in [0.5, 0.6) is 5.75 Å². The Morgan fingerprint density at radius 1 is 1.00 bits per heavy atom. The number of ether oxygens (including phenoxy) is 1. The maximum Gasteiger partial charge on any atom is 0.122 e. The molecule has 3 unspecified atom stereocenters. The van der Waals surface area contributed by atoms with Crippen molar-refractivity contribution in [2.45, 2.75) is 31.3 Å². The van der Waals surface area contributed by atoms with Crippen molar-refractivity contribution in [1.82, 2.24) is 0 Å². The fourth-order valence-electron chi connectivity index (χ4n) is 3.90. The third-order valence-corrected chi connectivity index (χ3v) is 4.97.